The van der Waals surface area contributed by atoms with Crippen molar-refractivity contribution in [2.45, 2.75) is 19.9 Å². The number of rotatable bonds is 6. The molecular weight excluding hydrogens is 300 g/mol. The Hall–Kier alpha value is -2.18. The number of nitrogens with zero attached hydrogens (tertiary/aromatic N) is 4. The highest BCUT2D eigenvalue weighted by Crippen LogP contribution is 2.16. The molecule has 3 aromatic rings. The van der Waals surface area contributed by atoms with E-state index in [0.717, 1.165) is 35.7 Å². The number of imidazole rings is 1. The summed E-state index contributed by atoms with van der Waals surface area (Å²) >= 11 is 5.87. The van der Waals surface area contributed by atoms with Gasteiger partial charge in [0.2, 0.25) is 0 Å². The molecule has 0 aliphatic heterocycles. The molecule has 6 nitrogen and oxygen atoms in total. The summed E-state index contributed by atoms with van der Waals surface area (Å²) in [6.45, 7) is 3.65. The first-order valence-corrected chi connectivity index (χ1v) is 7.55. The van der Waals surface area contributed by atoms with Gasteiger partial charge in [-0.3, -0.25) is 0 Å². The van der Waals surface area contributed by atoms with Crippen LogP contribution >= 0.6 is 11.6 Å². The Labute approximate surface area is 133 Å². The van der Waals surface area contributed by atoms with E-state index in [2.05, 4.69) is 32.7 Å². The monoisotopic (exact) mass is 316 g/mol. The SMILES string of the molecule is CCn1cnc2c(NNCCc3ccc(Cl)cc3)ncnc21. The summed E-state index contributed by atoms with van der Waals surface area (Å²) in [4.78, 5) is 12.9. The van der Waals surface area contributed by atoms with Crippen LogP contribution in [0, 0.1) is 0 Å². The minimum Gasteiger partial charge on any atom is -0.315 e. The third kappa shape index (κ3) is 3.18. The third-order valence-electron chi connectivity index (χ3n) is 3.40. The summed E-state index contributed by atoms with van der Waals surface area (Å²) in [6, 6.07) is 7.84. The van der Waals surface area contributed by atoms with E-state index in [1.165, 1.54) is 5.56 Å². The standard InChI is InChI=1S/C15H17ClN6/c1-2-22-10-19-13-14(17-9-18-15(13)22)21-20-8-7-11-3-5-12(16)6-4-11/h3-6,9-10,20H,2,7-8H2,1H3,(H,17,18,21). The van der Waals surface area contributed by atoms with Crippen LogP contribution in [-0.2, 0) is 13.0 Å². The van der Waals surface area contributed by atoms with E-state index in [9.17, 15) is 0 Å². The molecule has 2 N–H and O–H groups in total. The second kappa shape index (κ2) is 6.72. The predicted octanol–water partition coefficient (Wildman–Crippen LogP) is 2.66. The lowest BCUT2D eigenvalue weighted by molar-refractivity contribution is 0.771. The van der Waals surface area contributed by atoms with Gasteiger partial charge in [0.05, 0.1) is 6.33 Å². The molecule has 0 fully saturated rings. The molecule has 2 aromatic heterocycles. The lowest BCUT2D eigenvalue weighted by Gasteiger charge is -2.08. The van der Waals surface area contributed by atoms with Crippen molar-refractivity contribution in [3.8, 4) is 0 Å². The first-order valence-electron chi connectivity index (χ1n) is 7.17. The fraction of sp³-hybridized carbons (Fsp3) is 0.267. The van der Waals surface area contributed by atoms with Gasteiger partial charge in [0.1, 0.15) is 6.33 Å². The van der Waals surface area contributed by atoms with Crippen molar-refractivity contribution < 1.29 is 0 Å². The summed E-state index contributed by atoms with van der Waals surface area (Å²) in [5, 5.41) is 0.754. The van der Waals surface area contributed by atoms with E-state index in [-0.39, 0.29) is 0 Å². The Morgan fingerprint density at radius 3 is 2.73 bits per heavy atom. The summed E-state index contributed by atoms with van der Waals surface area (Å²) in [6.07, 6.45) is 4.21. The van der Waals surface area contributed by atoms with Crippen molar-refractivity contribution in [2.24, 2.45) is 0 Å². The number of hydrazine groups is 1. The van der Waals surface area contributed by atoms with Gasteiger partial charge in [-0.05, 0) is 31.0 Å². The van der Waals surface area contributed by atoms with Crippen molar-refractivity contribution in [3.63, 3.8) is 0 Å². The van der Waals surface area contributed by atoms with Crippen molar-refractivity contribution in [1.82, 2.24) is 24.9 Å². The van der Waals surface area contributed by atoms with Gasteiger partial charge < -0.3 is 9.99 Å². The van der Waals surface area contributed by atoms with E-state index in [1.54, 1.807) is 12.7 Å². The molecule has 1 aromatic carbocycles. The summed E-state index contributed by atoms with van der Waals surface area (Å²) in [5.41, 5.74) is 9.09. The molecule has 2 heterocycles. The second-order valence-electron chi connectivity index (χ2n) is 4.85. The van der Waals surface area contributed by atoms with Crippen LogP contribution in [0.2, 0.25) is 5.02 Å². The lowest BCUT2D eigenvalue weighted by atomic mass is 10.2. The molecule has 114 valence electrons. The molecule has 22 heavy (non-hydrogen) atoms. The highest BCUT2D eigenvalue weighted by atomic mass is 35.5. The number of aryl methyl sites for hydroxylation is 1. The van der Waals surface area contributed by atoms with Crippen LogP contribution < -0.4 is 10.9 Å². The van der Waals surface area contributed by atoms with Crippen LogP contribution in [0.3, 0.4) is 0 Å². The molecule has 0 spiro atoms. The van der Waals surface area contributed by atoms with Gasteiger partial charge in [-0.2, -0.15) is 0 Å². The fourth-order valence-electron chi connectivity index (χ4n) is 2.21. The first kappa shape index (κ1) is 14.7. The molecule has 0 aliphatic rings. The van der Waals surface area contributed by atoms with E-state index in [1.807, 2.05) is 28.8 Å². The summed E-state index contributed by atoms with van der Waals surface area (Å²) < 4.78 is 1.98. The highest BCUT2D eigenvalue weighted by molar-refractivity contribution is 6.30. The average molecular weight is 317 g/mol. The smallest absolute Gasteiger partial charge is 0.171 e. The Bertz CT molecular complexity index is 752. The largest absolute Gasteiger partial charge is 0.315 e. The van der Waals surface area contributed by atoms with E-state index >= 15 is 0 Å². The molecule has 0 saturated carbocycles. The first-order chi connectivity index (χ1) is 10.8. The molecular formula is C15H17ClN6. The maximum atomic E-state index is 5.87. The number of aromatic nitrogens is 4. The van der Waals surface area contributed by atoms with Gasteiger partial charge in [-0.15, -0.1) is 0 Å². The highest BCUT2D eigenvalue weighted by Gasteiger charge is 2.08. The Balaban J connectivity index is 1.60. The van der Waals surface area contributed by atoms with Gasteiger partial charge in [0, 0.05) is 18.1 Å². The maximum Gasteiger partial charge on any atom is 0.171 e. The van der Waals surface area contributed by atoms with Crippen molar-refractivity contribution in [1.29, 1.82) is 0 Å². The molecule has 0 saturated heterocycles. The fourth-order valence-corrected chi connectivity index (χ4v) is 2.33. The zero-order valence-electron chi connectivity index (χ0n) is 12.3. The maximum absolute atomic E-state index is 5.87. The molecule has 0 aliphatic carbocycles. The molecule has 0 bridgehead atoms. The molecule has 0 atom stereocenters. The average Bonchev–Trinajstić information content (AvgIpc) is 2.97. The molecule has 0 amide bonds. The van der Waals surface area contributed by atoms with E-state index in [4.69, 9.17) is 11.6 Å². The Morgan fingerprint density at radius 2 is 1.95 bits per heavy atom. The molecule has 3 rings (SSSR count). The Morgan fingerprint density at radius 1 is 1.14 bits per heavy atom. The zero-order valence-corrected chi connectivity index (χ0v) is 13.0. The van der Waals surface area contributed by atoms with E-state index < -0.39 is 0 Å². The van der Waals surface area contributed by atoms with Crippen LogP contribution in [-0.4, -0.2) is 26.1 Å². The van der Waals surface area contributed by atoms with Gasteiger partial charge >= 0.3 is 0 Å². The summed E-state index contributed by atoms with van der Waals surface area (Å²) in [7, 11) is 0. The van der Waals surface area contributed by atoms with Gasteiger partial charge in [0.25, 0.3) is 0 Å². The topological polar surface area (TPSA) is 67.7 Å². The number of hydrogen-bond acceptors (Lipinski definition) is 5. The van der Waals surface area contributed by atoms with Gasteiger partial charge in [0.15, 0.2) is 17.0 Å². The number of hydrogen-bond donors (Lipinski definition) is 2. The summed E-state index contributed by atoms with van der Waals surface area (Å²) in [5.74, 6) is 0.688. The quantitative estimate of drug-likeness (QED) is 0.540. The minimum absolute atomic E-state index is 0.688. The van der Waals surface area contributed by atoms with E-state index in [0.29, 0.717) is 5.82 Å². The van der Waals surface area contributed by atoms with Crippen molar-refractivity contribution in [2.75, 3.05) is 12.0 Å². The number of halogens is 1. The second-order valence-corrected chi connectivity index (χ2v) is 5.29. The number of anilines is 1. The lowest BCUT2D eigenvalue weighted by Crippen LogP contribution is -2.25. The van der Waals surface area contributed by atoms with Crippen molar-refractivity contribution >= 4 is 28.6 Å². The van der Waals surface area contributed by atoms with Crippen molar-refractivity contribution in [3.05, 3.63) is 47.5 Å². The van der Waals surface area contributed by atoms with Gasteiger partial charge in [-0.1, -0.05) is 23.7 Å². The molecule has 0 unspecified atom stereocenters. The number of fused-ring (bicyclic) bond motifs is 1. The number of benzene rings is 1. The van der Waals surface area contributed by atoms with Crippen LogP contribution in [0.5, 0.6) is 0 Å². The number of nitrogens with one attached hydrogen (secondary N) is 2. The van der Waals surface area contributed by atoms with Gasteiger partial charge in [-0.25, -0.2) is 20.4 Å². The molecule has 0 radical (unpaired) electrons. The third-order valence-corrected chi connectivity index (χ3v) is 3.65. The molecule has 7 heteroatoms. The van der Waals surface area contributed by atoms with Crippen LogP contribution in [0.1, 0.15) is 12.5 Å². The van der Waals surface area contributed by atoms with Crippen LogP contribution in [0.4, 0.5) is 5.82 Å². The van der Waals surface area contributed by atoms with Crippen LogP contribution in [0.25, 0.3) is 11.2 Å². The Kier molecular flexibility index (Phi) is 4.50. The minimum atomic E-state index is 0.688. The zero-order chi connectivity index (χ0) is 15.4. The van der Waals surface area contributed by atoms with Crippen LogP contribution in [0.15, 0.2) is 36.9 Å². The normalized spacial score (nSPS) is 11.0. The predicted molar refractivity (Wildman–Crippen MR) is 87.8 cm³/mol.